The topological polar surface area (TPSA) is 26.3 Å². The maximum atomic E-state index is 11.1. The lowest BCUT2D eigenvalue weighted by Gasteiger charge is -2.02. The molecule has 0 bridgehead atoms. The average molecular weight is 177 g/mol. The van der Waals surface area contributed by atoms with Crippen LogP contribution in [0.3, 0.4) is 0 Å². The lowest BCUT2D eigenvalue weighted by molar-refractivity contribution is -0.134. The van der Waals surface area contributed by atoms with Gasteiger partial charge in [0.2, 0.25) is 0 Å². The Kier molecular flexibility index (Phi) is 3.50. The highest BCUT2D eigenvalue weighted by atomic mass is 16.5. The highest BCUT2D eigenvalue weighted by molar-refractivity contribution is 5.72. The van der Waals surface area contributed by atoms with Crippen LogP contribution >= 0.6 is 0 Å². The number of ether oxygens (including phenoxy) is 1. The normalized spacial score (nSPS) is 9.69. The van der Waals surface area contributed by atoms with Gasteiger partial charge in [-0.1, -0.05) is 19.1 Å². The molecule has 0 aliphatic carbocycles. The second-order valence-corrected chi connectivity index (χ2v) is 2.87. The second kappa shape index (κ2) is 4.65. The van der Waals surface area contributed by atoms with Gasteiger partial charge in [-0.05, 0) is 31.0 Å². The Labute approximate surface area is 78.5 Å². The highest BCUT2D eigenvalue weighted by Gasteiger charge is 2.01. The predicted molar refractivity (Wildman–Crippen MR) is 51.4 cm³/mol. The molecule has 0 aliphatic heterocycles. The number of benzene rings is 1. The van der Waals surface area contributed by atoms with Crippen LogP contribution in [0.5, 0.6) is 5.75 Å². The van der Waals surface area contributed by atoms with Crippen molar-refractivity contribution in [1.82, 2.24) is 0 Å². The molecule has 0 fully saturated rings. The van der Waals surface area contributed by atoms with Crippen molar-refractivity contribution in [1.29, 1.82) is 0 Å². The molecule has 0 heterocycles. The quantitative estimate of drug-likeness (QED) is 0.524. The molecule has 0 aromatic heterocycles. The largest absolute Gasteiger partial charge is 0.427 e. The maximum absolute atomic E-state index is 11.1. The Hall–Kier alpha value is -1.31. The van der Waals surface area contributed by atoms with Crippen molar-refractivity contribution >= 4 is 5.97 Å². The number of carbonyl (C=O) groups is 1. The van der Waals surface area contributed by atoms with Crippen molar-refractivity contribution in [2.45, 2.75) is 19.8 Å². The van der Waals surface area contributed by atoms with E-state index in [0.29, 0.717) is 12.2 Å². The summed E-state index contributed by atoms with van der Waals surface area (Å²) in [6.07, 6.45) is 1.28. The fourth-order valence-corrected chi connectivity index (χ4v) is 0.944. The number of hydrogen-bond acceptors (Lipinski definition) is 2. The van der Waals surface area contributed by atoms with E-state index in [2.05, 4.69) is 6.92 Å². The van der Waals surface area contributed by atoms with Gasteiger partial charge < -0.3 is 4.74 Å². The highest BCUT2D eigenvalue weighted by Crippen LogP contribution is 2.12. The van der Waals surface area contributed by atoms with Crippen LogP contribution in [0.1, 0.15) is 25.3 Å². The van der Waals surface area contributed by atoms with Gasteiger partial charge in [-0.25, -0.2) is 0 Å². The van der Waals surface area contributed by atoms with Gasteiger partial charge in [0.05, 0.1) is 0 Å². The van der Waals surface area contributed by atoms with Gasteiger partial charge in [0.25, 0.3) is 0 Å². The van der Waals surface area contributed by atoms with Gasteiger partial charge in [-0.2, -0.15) is 0 Å². The fraction of sp³-hybridized carbons (Fsp3) is 0.273. The monoisotopic (exact) mass is 177 g/mol. The first-order valence-corrected chi connectivity index (χ1v) is 4.35. The molecule has 0 atom stereocenters. The zero-order chi connectivity index (χ0) is 9.68. The number of hydrogen-bond donors (Lipinski definition) is 0. The van der Waals surface area contributed by atoms with E-state index in [9.17, 15) is 4.79 Å². The number of rotatable bonds is 3. The molecule has 1 aromatic rings. The van der Waals surface area contributed by atoms with Crippen molar-refractivity contribution in [3.05, 3.63) is 36.8 Å². The molecule has 0 saturated heterocycles. The molecule has 0 aliphatic rings. The minimum absolute atomic E-state index is 0.181. The van der Waals surface area contributed by atoms with Crippen LogP contribution in [-0.4, -0.2) is 5.97 Å². The minimum Gasteiger partial charge on any atom is -0.427 e. The SMILES string of the molecule is [CH2]c1ccc(OC(=O)CCC)cc1. The predicted octanol–water partition coefficient (Wildman–Crippen LogP) is 2.57. The van der Waals surface area contributed by atoms with Gasteiger partial charge in [-0.15, -0.1) is 0 Å². The molecule has 0 spiro atoms. The van der Waals surface area contributed by atoms with Crippen LogP contribution in [0.25, 0.3) is 0 Å². The standard InChI is InChI=1S/C11H13O2/c1-3-4-11(12)13-10-7-5-9(2)6-8-10/h5-8H,2-4H2,1H3. The van der Waals surface area contributed by atoms with Crippen molar-refractivity contribution < 1.29 is 9.53 Å². The summed E-state index contributed by atoms with van der Waals surface area (Å²) in [6.45, 7) is 5.68. The van der Waals surface area contributed by atoms with E-state index >= 15 is 0 Å². The third-order valence-corrected chi connectivity index (χ3v) is 1.61. The van der Waals surface area contributed by atoms with E-state index in [4.69, 9.17) is 4.74 Å². The van der Waals surface area contributed by atoms with Crippen LogP contribution < -0.4 is 4.74 Å². The van der Waals surface area contributed by atoms with E-state index in [1.165, 1.54) is 0 Å². The van der Waals surface area contributed by atoms with Crippen LogP contribution in [0.2, 0.25) is 0 Å². The van der Waals surface area contributed by atoms with Crippen LogP contribution in [0.15, 0.2) is 24.3 Å². The molecular formula is C11H13O2. The van der Waals surface area contributed by atoms with E-state index < -0.39 is 0 Å². The van der Waals surface area contributed by atoms with Crippen LogP contribution in [0, 0.1) is 6.92 Å². The maximum Gasteiger partial charge on any atom is 0.311 e. The summed E-state index contributed by atoms with van der Waals surface area (Å²) in [4.78, 5) is 11.1. The molecule has 2 heteroatoms. The molecule has 2 nitrogen and oxygen atoms in total. The molecule has 13 heavy (non-hydrogen) atoms. The average Bonchev–Trinajstić information content (AvgIpc) is 2.09. The second-order valence-electron chi connectivity index (χ2n) is 2.87. The first kappa shape index (κ1) is 9.78. The van der Waals surface area contributed by atoms with Crippen molar-refractivity contribution in [3.63, 3.8) is 0 Å². The summed E-state index contributed by atoms with van der Waals surface area (Å²) in [6, 6.07) is 7.12. The Morgan fingerprint density at radius 1 is 1.38 bits per heavy atom. The van der Waals surface area contributed by atoms with Gasteiger partial charge >= 0.3 is 5.97 Å². The Bertz CT molecular complexity index is 275. The summed E-state index contributed by atoms with van der Waals surface area (Å²) in [5.74, 6) is 0.408. The molecule has 1 rings (SSSR count). The Morgan fingerprint density at radius 3 is 2.54 bits per heavy atom. The third-order valence-electron chi connectivity index (χ3n) is 1.61. The summed E-state index contributed by atoms with van der Waals surface area (Å²) in [5, 5.41) is 0. The van der Waals surface area contributed by atoms with E-state index in [0.717, 1.165) is 12.0 Å². The lowest BCUT2D eigenvalue weighted by Crippen LogP contribution is -2.06. The minimum atomic E-state index is -0.181. The van der Waals surface area contributed by atoms with Crippen LogP contribution in [-0.2, 0) is 4.79 Å². The van der Waals surface area contributed by atoms with E-state index in [-0.39, 0.29) is 5.97 Å². The number of carbonyl (C=O) groups excluding carboxylic acids is 1. The zero-order valence-electron chi connectivity index (χ0n) is 7.75. The number of esters is 1. The van der Waals surface area contributed by atoms with Crippen LogP contribution in [0.4, 0.5) is 0 Å². The molecule has 0 N–H and O–H groups in total. The summed E-state index contributed by atoms with van der Waals surface area (Å²) in [5.41, 5.74) is 0.912. The summed E-state index contributed by atoms with van der Waals surface area (Å²) in [7, 11) is 0. The zero-order valence-corrected chi connectivity index (χ0v) is 7.75. The smallest absolute Gasteiger partial charge is 0.311 e. The third kappa shape index (κ3) is 3.28. The molecule has 69 valence electrons. The first-order valence-electron chi connectivity index (χ1n) is 4.35. The van der Waals surface area contributed by atoms with E-state index in [1.54, 1.807) is 12.1 Å². The van der Waals surface area contributed by atoms with Crippen molar-refractivity contribution in [3.8, 4) is 5.75 Å². The van der Waals surface area contributed by atoms with Gasteiger partial charge in [0, 0.05) is 6.42 Å². The summed E-state index contributed by atoms with van der Waals surface area (Å²) < 4.78 is 5.04. The van der Waals surface area contributed by atoms with Gasteiger partial charge in [-0.3, -0.25) is 4.79 Å². The summed E-state index contributed by atoms with van der Waals surface area (Å²) >= 11 is 0. The molecule has 0 amide bonds. The molecule has 1 radical (unpaired) electrons. The molecular weight excluding hydrogens is 164 g/mol. The molecule has 0 unspecified atom stereocenters. The van der Waals surface area contributed by atoms with Gasteiger partial charge in [0.15, 0.2) is 0 Å². The first-order chi connectivity index (χ1) is 6.22. The van der Waals surface area contributed by atoms with Gasteiger partial charge in [0.1, 0.15) is 5.75 Å². The Morgan fingerprint density at radius 2 is 2.00 bits per heavy atom. The van der Waals surface area contributed by atoms with Crippen molar-refractivity contribution in [2.24, 2.45) is 0 Å². The lowest BCUT2D eigenvalue weighted by atomic mass is 10.2. The Balaban J connectivity index is 2.54. The molecule has 1 aromatic carbocycles. The molecule has 0 saturated carbocycles. The van der Waals surface area contributed by atoms with E-state index in [1.807, 2.05) is 19.1 Å². The van der Waals surface area contributed by atoms with Crippen molar-refractivity contribution in [2.75, 3.05) is 0 Å². The fourth-order valence-electron chi connectivity index (χ4n) is 0.944.